The van der Waals surface area contributed by atoms with Crippen molar-refractivity contribution in [3.8, 4) is 0 Å². The van der Waals surface area contributed by atoms with Crippen LogP contribution >= 0.6 is 0 Å². The summed E-state index contributed by atoms with van der Waals surface area (Å²) in [4.78, 5) is 14.9. The molecular formula is C8H14N2O2. The van der Waals surface area contributed by atoms with E-state index in [1.54, 1.807) is 13.0 Å². The minimum atomic E-state index is -0.443. The zero-order valence-corrected chi connectivity index (χ0v) is 7.63. The highest BCUT2D eigenvalue weighted by atomic mass is 16.6. The molecule has 0 amide bonds. The standard InChI is InChI=1S/C8H14N2O2/c1-6(2)5-8(10-12-4)7(3)9-11/h5,7,10H,1H2,2-4H3. The van der Waals surface area contributed by atoms with Crippen LogP contribution in [-0.2, 0) is 4.84 Å². The first-order valence-electron chi connectivity index (χ1n) is 3.60. The fourth-order valence-corrected chi connectivity index (χ4v) is 0.675. The van der Waals surface area contributed by atoms with E-state index in [1.165, 1.54) is 7.11 Å². The van der Waals surface area contributed by atoms with Gasteiger partial charge < -0.3 is 0 Å². The second-order valence-corrected chi connectivity index (χ2v) is 2.53. The summed E-state index contributed by atoms with van der Waals surface area (Å²) in [6.07, 6.45) is 1.72. The van der Waals surface area contributed by atoms with Gasteiger partial charge in [-0.25, -0.2) is 0 Å². The van der Waals surface area contributed by atoms with Gasteiger partial charge in [0, 0.05) is 0 Å². The molecule has 0 fully saturated rings. The summed E-state index contributed by atoms with van der Waals surface area (Å²) < 4.78 is 0. The van der Waals surface area contributed by atoms with Crippen LogP contribution < -0.4 is 5.48 Å². The summed E-state index contributed by atoms with van der Waals surface area (Å²) in [7, 11) is 1.48. The number of hydrogen-bond donors (Lipinski definition) is 1. The molecule has 0 saturated heterocycles. The van der Waals surface area contributed by atoms with Crippen molar-refractivity contribution in [2.24, 2.45) is 5.18 Å². The fourth-order valence-electron chi connectivity index (χ4n) is 0.675. The van der Waals surface area contributed by atoms with Gasteiger partial charge in [0.15, 0.2) is 0 Å². The second-order valence-electron chi connectivity index (χ2n) is 2.53. The molecule has 4 nitrogen and oxygen atoms in total. The Morgan fingerprint density at radius 1 is 1.75 bits per heavy atom. The topological polar surface area (TPSA) is 50.7 Å². The van der Waals surface area contributed by atoms with Crippen LogP contribution in [-0.4, -0.2) is 13.2 Å². The average Bonchev–Trinajstić information content (AvgIpc) is 2.01. The molecule has 0 heterocycles. The Balaban J connectivity index is 4.41. The van der Waals surface area contributed by atoms with Gasteiger partial charge in [-0.3, -0.25) is 10.3 Å². The Morgan fingerprint density at radius 3 is 2.67 bits per heavy atom. The predicted octanol–water partition coefficient (Wildman–Crippen LogP) is 1.75. The highest BCUT2D eigenvalue weighted by Gasteiger charge is 2.07. The van der Waals surface area contributed by atoms with Gasteiger partial charge in [-0.15, -0.1) is 0 Å². The summed E-state index contributed by atoms with van der Waals surface area (Å²) in [5.74, 6) is 0. The number of nitrogens with zero attached hydrogens (tertiary/aromatic N) is 1. The molecule has 1 N–H and O–H groups in total. The van der Waals surface area contributed by atoms with Gasteiger partial charge in [-0.1, -0.05) is 17.3 Å². The van der Waals surface area contributed by atoms with Crippen molar-refractivity contribution in [1.82, 2.24) is 5.48 Å². The van der Waals surface area contributed by atoms with Crippen molar-refractivity contribution in [2.75, 3.05) is 7.11 Å². The lowest BCUT2D eigenvalue weighted by molar-refractivity contribution is 0.113. The molecule has 0 spiro atoms. The smallest absolute Gasteiger partial charge is 0.131 e. The SMILES string of the molecule is C=C(C)C=C(NOC)C(C)N=O. The number of rotatable bonds is 5. The zero-order chi connectivity index (χ0) is 9.56. The molecule has 0 aromatic heterocycles. The lowest BCUT2D eigenvalue weighted by Crippen LogP contribution is -2.19. The zero-order valence-electron chi connectivity index (χ0n) is 7.63. The molecule has 0 saturated carbocycles. The van der Waals surface area contributed by atoms with Gasteiger partial charge in [-0.05, 0) is 19.9 Å². The molecule has 0 radical (unpaired) electrons. The van der Waals surface area contributed by atoms with Crippen molar-refractivity contribution >= 4 is 0 Å². The third kappa shape index (κ3) is 3.88. The molecule has 4 heteroatoms. The maximum atomic E-state index is 10.2. The van der Waals surface area contributed by atoms with Crippen LogP contribution in [0.25, 0.3) is 0 Å². The van der Waals surface area contributed by atoms with E-state index in [4.69, 9.17) is 0 Å². The Bertz CT molecular complexity index is 199. The van der Waals surface area contributed by atoms with Crippen molar-refractivity contribution in [3.63, 3.8) is 0 Å². The number of allylic oxidation sites excluding steroid dienone is 2. The van der Waals surface area contributed by atoms with Crippen LogP contribution in [0.1, 0.15) is 13.8 Å². The summed E-state index contributed by atoms with van der Waals surface area (Å²) in [6.45, 7) is 7.18. The first kappa shape index (κ1) is 10.8. The Kier molecular flexibility index (Phi) is 4.96. The summed E-state index contributed by atoms with van der Waals surface area (Å²) in [5.41, 5.74) is 4.02. The van der Waals surface area contributed by atoms with E-state index < -0.39 is 6.04 Å². The molecule has 0 aromatic rings. The largest absolute Gasteiger partial charge is 0.280 e. The Hall–Kier alpha value is -1.16. The molecule has 0 rings (SSSR count). The molecule has 1 atom stereocenters. The van der Waals surface area contributed by atoms with Gasteiger partial charge in [0.1, 0.15) is 6.04 Å². The first-order chi connectivity index (χ1) is 5.61. The van der Waals surface area contributed by atoms with E-state index in [-0.39, 0.29) is 0 Å². The van der Waals surface area contributed by atoms with Crippen LogP contribution in [0.15, 0.2) is 29.1 Å². The van der Waals surface area contributed by atoms with Gasteiger partial charge in [-0.2, -0.15) is 4.91 Å². The number of nitroso groups, excluding NO2 is 1. The van der Waals surface area contributed by atoms with Crippen molar-refractivity contribution in [1.29, 1.82) is 0 Å². The third-order valence-corrected chi connectivity index (χ3v) is 1.23. The van der Waals surface area contributed by atoms with Crippen molar-refractivity contribution in [3.05, 3.63) is 28.8 Å². The van der Waals surface area contributed by atoms with E-state index in [2.05, 4.69) is 22.1 Å². The molecule has 0 bridgehead atoms. The number of hydrogen-bond acceptors (Lipinski definition) is 4. The number of hydroxylamine groups is 1. The maximum Gasteiger partial charge on any atom is 0.131 e. The quantitative estimate of drug-likeness (QED) is 0.388. The average molecular weight is 170 g/mol. The van der Waals surface area contributed by atoms with Gasteiger partial charge in [0.25, 0.3) is 0 Å². The monoisotopic (exact) mass is 170 g/mol. The normalized spacial score (nSPS) is 13.8. The van der Waals surface area contributed by atoms with Crippen LogP contribution in [0, 0.1) is 4.91 Å². The summed E-state index contributed by atoms with van der Waals surface area (Å²) in [6, 6.07) is -0.443. The molecular weight excluding hydrogens is 156 g/mol. The molecule has 1 unspecified atom stereocenters. The number of nitrogens with one attached hydrogen (secondary N) is 1. The Labute approximate surface area is 72.2 Å². The minimum Gasteiger partial charge on any atom is -0.280 e. The van der Waals surface area contributed by atoms with E-state index in [0.29, 0.717) is 5.70 Å². The van der Waals surface area contributed by atoms with Gasteiger partial charge in [0.05, 0.1) is 12.8 Å². The maximum absolute atomic E-state index is 10.2. The van der Waals surface area contributed by atoms with Crippen LogP contribution in [0.2, 0.25) is 0 Å². The highest BCUT2D eigenvalue weighted by Crippen LogP contribution is 2.05. The predicted molar refractivity (Wildman–Crippen MR) is 48.3 cm³/mol. The van der Waals surface area contributed by atoms with E-state index in [0.717, 1.165) is 5.57 Å². The van der Waals surface area contributed by atoms with Crippen LogP contribution in [0.5, 0.6) is 0 Å². The van der Waals surface area contributed by atoms with Crippen LogP contribution in [0.4, 0.5) is 0 Å². The van der Waals surface area contributed by atoms with Crippen molar-refractivity contribution in [2.45, 2.75) is 19.9 Å². The molecule has 0 aliphatic carbocycles. The van der Waals surface area contributed by atoms with E-state index in [9.17, 15) is 4.91 Å². The van der Waals surface area contributed by atoms with E-state index in [1.807, 2.05) is 6.92 Å². The molecule has 12 heavy (non-hydrogen) atoms. The van der Waals surface area contributed by atoms with Gasteiger partial charge in [0.2, 0.25) is 0 Å². The molecule has 68 valence electrons. The first-order valence-corrected chi connectivity index (χ1v) is 3.60. The second kappa shape index (κ2) is 5.49. The summed E-state index contributed by atoms with van der Waals surface area (Å²) >= 11 is 0. The minimum absolute atomic E-state index is 0.443. The molecule has 0 aliphatic rings. The van der Waals surface area contributed by atoms with E-state index >= 15 is 0 Å². The third-order valence-electron chi connectivity index (χ3n) is 1.23. The van der Waals surface area contributed by atoms with Crippen LogP contribution in [0.3, 0.4) is 0 Å². The highest BCUT2D eigenvalue weighted by molar-refractivity contribution is 5.20. The fraction of sp³-hybridized carbons (Fsp3) is 0.500. The Morgan fingerprint density at radius 2 is 2.33 bits per heavy atom. The molecule has 0 aliphatic heterocycles. The van der Waals surface area contributed by atoms with Crippen molar-refractivity contribution < 1.29 is 4.84 Å². The summed E-state index contributed by atoms with van der Waals surface area (Å²) in [5, 5.41) is 2.86. The molecule has 0 aromatic carbocycles. The lowest BCUT2D eigenvalue weighted by Gasteiger charge is -2.09. The van der Waals surface area contributed by atoms with Gasteiger partial charge >= 0.3 is 0 Å². The lowest BCUT2D eigenvalue weighted by atomic mass is 10.2.